The molecule has 8 heteroatoms. The molecule has 39 heavy (non-hydrogen) atoms. The third-order valence-corrected chi connectivity index (χ3v) is 8.97. The number of likely N-dealkylation sites (tertiary alicyclic amines) is 1. The second kappa shape index (κ2) is 11.4. The van der Waals surface area contributed by atoms with E-state index >= 15 is 0 Å². The first-order valence-electron chi connectivity index (χ1n) is 14.4. The molecule has 3 aliphatic rings. The van der Waals surface area contributed by atoms with Gasteiger partial charge in [-0.2, -0.15) is 0 Å². The SMILES string of the molecule is C=CCOC(=O)[C@@H]1[C@H]2C(=O)N(CCCCCO)C(C(=O)N(CC=C)C(C)(C)CC(C)(C)C)C23CC(C)[C@@]1(C)O3. The van der Waals surface area contributed by atoms with Crippen molar-refractivity contribution < 1.29 is 29.0 Å². The van der Waals surface area contributed by atoms with Gasteiger partial charge in [0.25, 0.3) is 0 Å². The van der Waals surface area contributed by atoms with E-state index in [0.717, 1.165) is 12.8 Å². The van der Waals surface area contributed by atoms with Crippen molar-refractivity contribution in [3.63, 3.8) is 0 Å². The van der Waals surface area contributed by atoms with Gasteiger partial charge in [-0.15, -0.1) is 6.58 Å². The summed E-state index contributed by atoms with van der Waals surface area (Å²) in [5, 5.41) is 9.28. The first-order valence-corrected chi connectivity index (χ1v) is 14.4. The molecule has 3 aliphatic heterocycles. The molecule has 0 saturated carbocycles. The molecule has 220 valence electrons. The van der Waals surface area contributed by atoms with E-state index in [2.05, 4.69) is 47.8 Å². The molecule has 0 radical (unpaired) electrons. The largest absolute Gasteiger partial charge is 0.461 e. The number of esters is 1. The molecule has 0 aliphatic carbocycles. The second-order valence-electron chi connectivity index (χ2n) is 13.7. The summed E-state index contributed by atoms with van der Waals surface area (Å²) in [5.41, 5.74) is -2.58. The fourth-order valence-electron chi connectivity index (χ4n) is 7.72. The Morgan fingerprint density at radius 3 is 2.41 bits per heavy atom. The van der Waals surface area contributed by atoms with Gasteiger partial charge in [-0.1, -0.05) is 46.4 Å². The number of hydrogen-bond donors (Lipinski definition) is 1. The summed E-state index contributed by atoms with van der Waals surface area (Å²) >= 11 is 0. The van der Waals surface area contributed by atoms with Crippen molar-refractivity contribution in [1.29, 1.82) is 0 Å². The maximum Gasteiger partial charge on any atom is 0.313 e. The number of hydrogen-bond acceptors (Lipinski definition) is 6. The van der Waals surface area contributed by atoms with Crippen LogP contribution >= 0.6 is 0 Å². The van der Waals surface area contributed by atoms with Gasteiger partial charge >= 0.3 is 5.97 Å². The molecule has 1 N–H and O–H groups in total. The summed E-state index contributed by atoms with van der Waals surface area (Å²) in [7, 11) is 0. The highest BCUT2D eigenvalue weighted by molar-refractivity contribution is 5.98. The topological polar surface area (TPSA) is 96.4 Å². The second-order valence-corrected chi connectivity index (χ2v) is 13.7. The molecular formula is C31H50N2O6. The zero-order chi connectivity index (χ0) is 29.4. The molecule has 0 aromatic rings. The van der Waals surface area contributed by atoms with Gasteiger partial charge in [0.15, 0.2) is 0 Å². The van der Waals surface area contributed by atoms with Crippen molar-refractivity contribution >= 4 is 17.8 Å². The third-order valence-electron chi connectivity index (χ3n) is 8.97. The molecule has 1 spiro atoms. The number of aliphatic hydroxyl groups is 1. The van der Waals surface area contributed by atoms with Crippen LogP contribution in [-0.2, 0) is 23.9 Å². The molecule has 3 saturated heterocycles. The van der Waals surface area contributed by atoms with E-state index in [0.29, 0.717) is 32.4 Å². The molecule has 8 nitrogen and oxygen atoms in total. The van der Waals surface area contributed by atoms with Crippen molar-refractivity contribution in [3.8, 4) is 0 Å². The van der Waals surface area contributed by atoms with Crippen molar-refractivity contribution in [1.82, 2.24) is 9.80 Å². The van der Waals surface area contributed by atoms with Crippen LogP contribution < -0.4 is 0 Å². The first kappa shape index (κ1) is 31.3. The first-order chi connectivity index (χ1) is 18.1. The summed E-state index contributed by atoms with van der Waals surface area (Å²) in [6.45, 7) is 22.9. The van der Waals surface area contributed by atoms with Crippen LogP contribution in [0.25, 0.3) is 0 Å². The Balaban J connectivity index is 2.10. The van der Waals surface area contributed by atoms with Gasteiger partial charge in [-0.05, 0) is 64.2 Å². The number of fused-ring (bicyclic) bond motifs is 1. The number of rotatable bonds is 13. The highest BCUT2D eigenvalue weighted by atomic mass is 16.6. The van der Waals surface area contributed by atoms with Crippen LogP contribution in [0.2, 0.25) is 0 Å². The number of ether oxygens (including phenoxy) is 2. The van der Waals surface area contributed by atoms with Crippen LogP contribution in [0.5, 0.6) is 0 Å². The van der Waals surface area contributed by atoms with Gasteiger partial charge in [0, 0.05) is 25.2 Å². The molecule has 3 rings (SSSR count). The van der Waals surface area contributed by atoms with E-state index in [1.807, 2.05) is 18.7 Å². The molecule has 3 fully saturated rings. The normalized spacial score (nSPS) is 31.8. The number of unbranched alkanes of at least 4 members (excludes halogenated alkanes) is 2. The highest BCUT2D eigenvalue weighted by Gasteiger charge is 2.80. The van der Waals surface area contributed by atoms with Gasteiger partial charge in [0.1, 0.15) is 24.2 Å². The Hall–Kier alpha value is -2.19. The lowest BCUT2D eigenvalue weighted by Gasteiger charge is -2.45. The maximum absolute atomic E-state index is 14.7. The van der Waals surface area contributed by atoms with Gasteiger partial charge in [-0.25, -0.2) is 0 Å². The minimum absolute atomic E-state index is 0.0379. The van der Waals surface area contributed by atoms with Gasteiger partial charge in [-0.3, -0.25) is 14.4 Å². The summed E-state index contributed by atoms with van der Waals surface area (Å²) in [4.78, 5) is 45.9. The molecule has 2 amide bonds. The third kappa shape index (κ3) is 5.56. The maximum atomic E-state index is 14.7. The molecule has 2 bridgehead atoms. The average Bonchev–Trinajstić information content (AvgIpc) is 3.33. The Morgan fingerprint density at radius 1 is 1.18 bits per heavy atom. The van der Waals surface area contributed by atoms with Gasteiger partial charge in [0.05, 0.1) is 11.5 Å². The number of carbonyl (C=O) groups is 3. The summed E-state index contributed by atoms with van der Waals surface area (Å²) < 4.78 is 12.3. The Labute approximate surface area is 234 Å². The van der Waals surface area contributed by atoms with Crippen LogP contribution in [0, 0.1) is 23.2 Å². The van der Waals surface area contributed by atoms with Crippen molar-refractivity contribution in [2.24, 2.45) is 23.2 Å². The molecule has 6 atom stereocenters. The number of nitrogens with zero attached hydrogens (tertiary/aromatic N) is 2. The smallest absolute Gasteiger partial charge is 0.313 e. The van der Waals surface area contributed by atoms with Crippen molar-refractivity contribution in [3.05, 3.63) is 25.3 Å². The van der Waals surface area contributed by atoms with Crippen LogP contribution in [0.4, 0.5) is 0 Å². The lowest BCUT2D eigenvalue weighted by Crippen LogP contribution is -2.61. The predicted octanol–water partition coefficient (Wildman–Crippen LogP) is 4.12. The molecular weight excluding hydrogens is 496 g/mol. The Kier molecular flexibility index (Phi) is 9.13. The molecule has 3 unspecified atom stereocenters. The molecule has 0 aromatic heterocycles. The van der Waals surface area contributed by atoms with E-state index in [1.54, 1.807) is 11.0 Å². The van der Waals surface area contributed by atoms with Crippen molar-refractivity contribution in [2.45, 2.75) is 103 Å². The zero-order valence-electron chi connectivity index (χ0n) is 25.1. The zero-order valence-corrected chi connectivity index (χ0v) is 25.1. The predicted molar refractivity (Wildman–Crippen MR) is 151 cm³/mol. The summed E-state index contributed by atoms with van der Waals surface area (Å²) in [5.74, 6) is -2.52. The highest BCUT2D eigenvalue weighted by Crippen LogP contribution is 2.65. The molecule has 0 aromatic carbocycles. The lowest BCUT2D eigenvalue weighted by molar-refractivity contribution is -0.162. The van der Waals surface area contributed by atoms with E-state index in [-0.39, 0.29) is 36.4 Å². The van der Waals surface area contributed by atoms with Crippen molar-refractivity contribution in [2.75, 3.05) is 26.3 Å². The van der Waals surface area contributed by atoms with E-state index in [9.17, 15) is 19.5 Å². The fraction of sp³-hybridized carbons (Fsp3) is 0.774. The fourth-order valence-corrected chi connectivity index (χ4v) is 7.72. The van der Waals surface area contributed by atoms with Crippen LogP contribution in [0.1, 0.15) is 80.6 Å². The van der Waals surface area contributed by atoms with Crippen LogP contribution in [0.15, 0.2) is 25.3 Å². The van der Waals surface area contributed by atoms with Crippen LogP contribution in [0.3, 0.4) is 0 Å². The van der Waals surface area contributed by atoms with Crippen LogP contribution in [-0.4, -0.2) is 81.8 Å². The molecule has 3 heterocycles. The monoisotopic (exact) mass is 546 g/mol. The summed E-state index contributed by atoms with van der Waals surface area (Å²) in [6, 6.07) is -0.857. The minimum Gasteiger partial charge on any atom is -0.461 e. The minimum atomic E-state index is -1.12. The van der Waals surface area contributed by atoms with E-state index in [1.165, 1.54) is 6.08 Å². The number of aliphatic hydroxyl groups excluding tert-OH is 1. The average molecular weight is 547 g/mol. The number of carbonyl (C=O) groups excluding carboxylic acids is 3. The van der Waals surface area contributed by atoms with E-state index < -0.39 is 40.6 Å². The standard InChI is InChI=1S/C31H50N2O6/c1-10-15-33(29(7,8)20-28(4,5)6)26(36)24-31-19-21(3)30(9,39-31)23(27(37)38-18-11-2)22(31)25(35)32(24)16-13-12-14-17-34/h10-11,21-24,34H,1-2,12-20H2,3-9H3/t21?,22-,23-,24?,30+,31?/m0/s1. The summed E-state index contributed by atoms with van der Waals surface area (Å²) in [6.07, 6.45) is 6.49. The quantitative estimate of drug-likeness (QED) is 0.212. The van der Waals surface area contributed by atoms with Gasteiger partial charge in [0.2, 0.25) is 11.8 Å². The Bertz CT molecular complexity index is 971. The number of amides is 2. The lowest BCUT2D eigenvalue weighted by atomic mass is 9.62. The van der Waals surface area contributed by atoms with E-state index in [4.69, 9.17) is 9.47 Å². The van der Waals surface area contributed by atoms with Gasteiger partial charge < -0.3 is 24.4 Å². The Morgan fingerprint density at radius 2 is 1.85 bits per heavy atom.